The maximum Gasteiger partial charge on any atom is 0.343 e. The van der Waals surface area contributed by atoms with Crippen LogP contribution in [0.15, 0.2) is 37.9 Å². The lowest BCUT2D eigenvalue weighted by atomic mass is 10.1. The third-order valence-electron chi connectivity index (χ3n) is 3.96. The lowest BCUT2D eigenvalue weighted by molar-refractivity contribution is 0.110. The molecule has 0 aliphatic rings. The second-order valence-corrected chi connectivity index (χ2v) is 5.67. The topological polar surface area (TPSA) is 82.0 Å². The number of furan rings is 1. The Balaban J connectivity index is 1.93. The molecular weight excluding hydrogens is 324 g/mol. The zero-order valence-corrected chi connectivity index (χ0v) is 14.4. The predicted molar refractivity (Wildman–Crippen MR) is 93.3 cm³/mol. The Bertz CT molecular complexity index is 950. The summed E-state index contributed by atoms with van der Waals surface area (Å²) in [5.74, 6) is 1.23. The smallest absolute Gasteiger partial charge is 0.343 e. The van der Waals surface area contributed by atoms with Gasteiger partial charge in [0.25, 0.3) is 0 Å². The summed E-state index contributed by atoms with van der Waals surface area (Å²) in [7, 11) is 0. The van der Waals surface area contributed by atoms with E-state index in [-0.39, 0.29) is 17.1 Å². The van der Waals surface area contributed by atoms with Crippen molar-refractivity contribution in [3.63, 3.8) is 0 Å². The SMILES string of the molecule is CCOCCOc1ccc2oc(-c3oc(=O)c(C)c(O)c3C)cc2c1. The molecule has 6 nitrogen and oxygen atoms in total. The van der Waals surface area contributed by atoms with E-state index in [9.17, 15) is 9.90 Å². The molecule has 0 spiro atoms. The van der Waals surface area contributed by atoms with Gasteiger partial charge in [0, 0.05) is 17.6 Å². The lowest BCUT2D eigenvalue weighted by Crippen LogP contribution is -2.05. The van der Waals surface area contributed by atoms with E-state index < -0.39 is 5.63 Å². The molecule has 1 N–H and O–H groups in total. The van der Waals surface area contributed by atoms with Crippen molar-refractivity contribution >= 4 is 11.0 Å². The molecule has 25 heavy (non-hydrogen) atoms. The Morgan fingerprint density at radius 1 is 1.08 bits per heavy atom. The lowest BCUT2D eigenvalue weighted by Gasteiger charge is -2.05. The fraction of sp³-hybridized carbons (Fsp3) is 0.316. The maximum atomic E-state index is 11.8. The number of hydrogen-bond donors (Lipinski definition) is 1. The Hall–Kier alpha value is -2.73. The molecule has 0 radical (unpaired) electrons. The van der Waals surface area contributed by atoms with E-state index in [2.05, 4.69) is 0 Å². The first-order valence-electron chi connectivity index (χ1n) is 8.09. The predicted octanol–water partition coefficient (Wildman–Crippen LogP) is 3.79. The number of ether oxygens (including phenoxy) is 2. The highest BCUT2D eigenvalue weighted by Crippen LogP contribution is 2.34. The number of fused-ring (bicyclic) bond motifs is 1. The van der Waals surface area contributed by atoms with Gasteiger partial charge in [0.15, 0.2) is 11.5 Å². The Labute approximate surface area is 144 Å². The summed E-state index contributed by atoms with van der Waals surface area (Å²) in [6, 6.07) is 7.19. The van der Waals surface area contributed by atoms with Crippen molar-refractivity contribution in [2.45, 2.75) is 20.8 Å². The molecule has 2 heterocycles. The van der Waals surface area contributed by atoms with Crippen molar-refractivity contribution in [1.29, 1.82) is 0 Å². The summed E-state index contributed by atoms with van der Waals surface area (Å²) in [5.41, 5.74) is 0.694. The fourth-order valence-corrected chi connectivity index (χ4v) is 2.55. The Kier molecular flexibility index (Phi) is 4.81. The maximum absolute atomic E-state index is 11.8. The van der Waals surface area contributed by atoms with E-state index >= 15 is 0 Å². The molecule has 0 fully saturated rings. The van der Waals surface area contributed by atoms with Crippen LogP contribution in [0.4, 0.5) is 0 Å². The highest BCUT2D eigenvalue weighted by atomic mass is 16.5. The molecule has 132 valence electrons. The zero-order chi connectivity index (χ0) is 18.0. The van der Waals surface area contributed by atoms with Crippen molar-refractivity contribution in [1.82, 2.24) is 0 Å². The first-order chi connectivity index (χ1) is 12.0. The normalized spacial score (nSPS) is 11.2. The van der Waals surface area contributed by atoms with Crippen LogP contribution in [0.5, 0.6) is 11.5 Å². The van der Waals surface area contributed by atoms with Crippen molar-refractivity contribution in [2.75, 3.05) is 19.8 Å². The van der Waals surface area contributed by atoms with Gasteiger partial charge in [-0.15, -0.1) is 0 Å². The number of benzene rings is 1. The second-order valence-electron chi connectivity index (χ2n) is 5.67. The molecule has 0 aliphatic heterocycles. The van der Waals surface area contributed by atoms with E-state index in [0.717, 1.165) is 5.39 Å². The Morgan fingerprint density at radius 3 is 2.64 bits per heavy atom. The monoisotopic (exact) mass is 344 g/mol. The van der Waals surface area contributed by atoms with Gasteiger partial charge in [0.2, 0.25) is 0 Å². The van der Waals surface area contributed by atoms with Gasteiger partial charge < -0.3 is 23.4 Å². The molecule has 0 saturated heterocycles. The highest BCUT2D eigenvalue weighted by molar-refractivity contribution is 5.83. The fourth-order valence-electron chi connectivity index (χ4n) is 2.55. The van der Waals surface area contributed by atoms with Crippen molar-refractivity contribution < 1.29 is 23.4 Å². The summed E-state index contributed by atoms with van der Waals surface area (Å²) < 4.78 is 21.9. The molecule has 6 heteroatoms. The van der Waals surface area contributed by atoms with Gasteiger partial charge in [-0.1, -0.05) is 0 Å². The summed E-state index contributed by atoms with van der Waals surface area (Å²) in [4.78, 5) is 11.8. The van der Waals surface area contributed by atoms with Gasteiger partial charge in [-0.3, -0.25) is 0 Å². The van der Waals surface area contributed by atoms with E-state index in [0.29, 0.717) is 42.5 Å². The quantitative estimate of drug-likeness (QED) is 0.685. The van der Waals surface area contributed by atoms with Crippen molar-refractivity contribution in [3.8, 4) is 23.0 Å². The molecule has 3 aromatic rings. The molecule has 0 amide bonds. The minimum atomic E-state index is -0.585. The average molecular weight is 344 g/mol. The summed E-state index contributed by atoms with van der Waals surface area (Å²) in [6.07, 6.45) is 0. The van der Waals surface area contributed by atoms with Crippen LogP contribution in [-0.4, -0.2) is 24.9 Å². The third-order valence-corrected chi connectivity index (χ3v) is 3.96. The van der Waals surface area contributed by atoms with Gasteiger partial charge in [-0.2, -0.15) is 0 Å². The van der Waals surface area contributed by atoms with Gasteiger partial charge in [0.05, 0.1) is 12.2 Å². The van der Waals surface area contributed by atoms with Crippen LogP contribution in [0.2, 0.25) is 0 Å². The number of hydrogen-bond acceptors (Lipinski definition) is 6. The standard InChI is InChI=1S/C19H20O6/c1-4-22-7-8-23-14-5-6-15-13(9-14)10-16(24-15)18-11(2)17(20)12(3)19(21)25-18/h5-6,9-10,20H,4,7-8H2,1-3H3. The second kappa shape index (κ2) is 7.03. The van der Waals surface area contributed by atoms with Crippen LogP contribution in [0.1, 0.15) is 18.1 Å². The van der Waals surface area contributed by atoms with E-state index in [1.54, 1.807) is 25.1 Å². The molecule has 0 atom stereocenters. The minimum Gasteiger partial charge on any atom is -0.507 e. The largest absolute Gasteiger partial charge is 0.507 e. The van der Waals surface area contributed by atoms with Crippen molar-refractivity contribution in [3.05, 3.63) is 45.8 Å². The van der Waals surface area contributed by atoms with Gasteiger partial charge in [0.1, 0.15) is 23.7 Å². The van der Waals surface area contributed by atoms with Crippen LogP contribution in [0.3, 0.4) is 0 Å². The average Bonchev–Trinajstić information content (AvgIpc) is 3.03. The molecule has 0 aliphatic carbocycles. The molecule has 0 saturated carbocycles. The van der Waals surface area contributed by atoms with Crippen LogP contribution < -0.4 is 10.4 Å². The van der Waals surface area contributed by atoms with E-state index in [1.165, 1.54) is 6.92 Å². The van der Waals surface area contributed by atoms with Crippen LogP contribution in [0, 0.1) is 13.8 Å². The number of aromatic hydroxyl groups is 1. The van der Waals surface area contributed by atoms with Crippen molar-refractivity contribution in [2.24, 2.45) is 0 Å². The molecular formula is C19H20O6. The van der Waals surface area contributed by atoms with Crippen LogP contribution >= 0.6 is 0 Å². The van der Waals surface area contributed by atoms with Gasteiger partial charge in [-0.25, -0.2) is 4.79 Å². The summed E-state index contributed by atoms with van der Waals surface area (Å²) in [5, 5.41) is 10.9. The summed E-state index contributed by atoms with van der Waals surface area (Å²) >= 11 is 0. The Morgan fingerprint density at radius 2 is 1.88 bits per heavy atom. The highest BCUT2D eigenvalue weighted by Gasteiger charge is 2.18. The first kappa shape index (κ1) is 17.1. The molecule has 3 rings (SSSR count). The molecule has 2 aromatic heterocycles. The summed E-state index contributed by atoms with van der Waals surface area (Å²) in [6.45, 7) is 6.77. The van der Waals surface area contributed by atoms with E-state index in [4.69, 9.17) is 18.3 Å². The van der Waals surface area contributed by atoms with Crippen LogP contribution in [-0.2, 0) is 4.74 Å². The number of rotatable bonds is 6. The first-order valence-corrected chi connectivity index (χ1v) is 8.09. The molecule has 1 aromatic carbocycles. The van der Waals surface area contributed by atoms with Crippen LogP contribution in [0.25, 0.3) is 22.5 Å². The zero-order valence-electron chi connectivity index (χ0n) is 14.4. The molecule has 0 unspecified atom stereocenters. The van der Waals surface area contributed by atoms with E-state index in [1.807, 2.05) is 13.0 Å². The third kappa shape index (κ3) is 3.39. The molecule has 0 bridgehead atoms. The van der Waals surface area contributed by atoms with Gasteiger partial charge >= 0.3 is 5.63 Å². The minimum absolute atomic E-state index is 0.0772. The van der Waals surface area contributed by atoms with Gasteiger partial charge in [-0.05, 0) is 45.0 Å².